The molecule has 0 radical (unpaired) electrons. The highest BCUT2D eigenvalue weighted by molar-refractivity contribution is 5.73. The number of carboxylic acid groups (broad SMARTS) is 3. The van der Waals surface area contributed by atoms with Crippen LogP contribution in [0.25, 0.3) is 16.9 Å². The number of hydrogen-bond donors (Lipinski definition) is 3. The second-order valence-electron chi connectivity index (χ2n) is 10.5. The number of ether oxygens (including phenoxy) is 1. The Labute approximate surface area is 288 Å². The zero-order valence-electron chi connectivity index (χ0n) is 26.9. The first-order chi connectivity index (χ1) is 24.0. The van der Waals surface area contributed by atoms with Gasteiger partial charge in [-0.2, -0.15) is 39.5 Å². The Hall–Kier alpha value is -5.44. The van der Waals surface area contributed by atoms with Crippen LogP contribution in [0, 0.1) is 0 Å². The van der Waals surface area contributed by atoms with Crippen LogP contribution in [0.5, 0.6) is 5.75 Å². The van der Waals surface area contributed by atoms with Crippen LogP contribution in [-0.4, -0.2) is 110 Å². The van der Waals surface area contributed by atoms with Gasteiger partial charge in [-0.15, -0.1) is 0 Å². The van der Waals surface area contributed by atoms with Crippen molar-refractivity contribution in [3.63, 3.8) is 0 Å². The fourth-order valence-corrected chi connectivity index (χ4v) is 4.37. The number of aromatic nitrogens is 3. The molecule has 1 fully saturated rings. The lowest BCUT2D eigenvalue weighted by atomic mass is 10.1. The molecule has 12 nitrogen and oxygen atoms in total. The van der Waals surface area contributed by atoms with Gasteiger partial charge in [-0.25, -0.2) is 19.4 Å². The molecule has 21 heteroatoms. The largest absolute Gasteiger partial charge is 0.497 e. The fraction of sp³-hybridized carbons (Fsp3) is 0.323. The maximum absolute atomic E-state index is 10.6. The molecule has 1 aliphatic rings. The number of fused-ring (bicyclic) bond motifs is 1. The van der Waals surface area contributed by atoms with Gasteiger partial charge in [0.2, 0.25) is 0 Å². The molecule has 1 unspecified atom stereocenters. The monoisotopic (exact) mass is 755 g/mol. The van der Waals surface area contributed by atoms with E-state index in [2.05, 4.69) is 68.8 Å². The zero-order chi connectivity index (χ0) is 39.4. The van der Waals surface area contributed by atoms with Gasteiger partial charge in [-0.3, -0.25) is 19.2 Å². The summed E-state index contributed by atoms with van der Waals surface area (Å²) in [5.41, 5.74) is 5.63. The number of alkyl halides is 9. The van der Waals surface area contributed by atoms with E-state index in [-0.39, 0.29) is 6.04 Å². The Balaban J connectivity index is 0.000000365. The van der Waals surface area contributed by atoms with Crippen LogP contribution in [-0.2, 0) is 20.9 Å². The summed E-state index contributed by atoms with van der Waals surface area (Å²) in [6, 6.07) is 19.0. The molecule has 3 N–H and O–H groups in total. The van der Waals surface area contributed by atoms with Crippen molar-refractivity contribution in [1.82, 2.24) is 24.2 Å². The molecule has 3 aromatic heterocycles. The van der Waals surface area contributed by atoms with Gasteiger partial charge in [-0.1, -0.05) is 18.2 Å². The first-order valence-electron chi connectivity index (χ1n) is 14.4. The summed E-state index contributed by atoms with van der Waals surface area (Å²) < 4.78 is 103. The van der Waals surface area contributed by atoms with Crippen molar-refractivity contribution in [3.05, 3.63) is 84.4 Å². The molecule has 1 atom stereocenters. The molecular weight excluding hydrogens is 725 g/mol. The molecule has 4 aromatic rings. The molecule has 0 amide bonds. The number of carboxylic acids is 3. The number of aliphatic carboxylic acids is 3. The van der Waals surface area contributed by atoms with E-state index in [1.165, 1.54) is 5.56 Å². The molecule has 284 valence electrons. The van der Waals surface area contributed by atoms with Crippen molar-refractivity contribution < 1.29 is 74.0 Å². The number of halogens is 9. The highest BCUT2D eigenvalue weighted by Crippen LogP contribution is 2.28. The quantitative estimate of drug-likeness (QED) is 0.212. The Morgan fingerprint density at radius 1 is 0.808 bits per heavy atom. The number of rotatable bonds is 5. The standard InChI is InChI=1S/C25H27N5O.3C2HF3O2/c1-28-13-14-29(16-19-5-3-6-21(15-19)31-2)18-24(28)22-17-30-23(7-4-8-25(30)27-22)20-9-11-26-12-10-20;3*3-2(4,5)1(6)7/h3-12,15,17,24H,13-14,16,18H2,1-2H3;3*(H,6,7). The predicted octanol–water partition coefficient (Wildman–Crippen LogP) is 5.79. The minimum atomic E-state index is -5.08. The average molecular weight is 756 g/mol. The van der Waals surface area contributed by atoms with E-state index in [9.17, 15) is 39.5 Å². The molecular formula is C31H30F9N5O7. The first-order valence-corrected chi connectivity index (χ1v) is 14.4. The Bertz CT molecular complexity index is 1730. The van der Waals surface area contributed by atoms with Crippen LogP contribution in [0.3, 0.4) is 0 Å². The number of benzene rings is 1. The fourth-order valence-electron chi connectivity index (χ4n) is 4.37. The number of pyridine rings is 2. The molecule has 5 rings (SSSR count). The van der Waals surface area contributed by atoms with Crippen molar-refractivity contribution >= 4 is 23.6 Å². The third kappa shape index (κ3) is 13.4. The molecule has 52 heavy (non-hydrogen) atoms. The lowest BCUT2D eigenvalue weighted by molar-refractivity contribution is -0.193. The number of piperazine rings is 1. The molecule has 0 saturated carbocycles. The maximum atomic E-state index is 10.6. The van der Waals surface area contributed by atoms with Gasteiger partial charge in [0.1, 0.15) is 11.4 Å². The number of hydrogen-bond acceptors (Lipinski definition) is 8. The minimum absolute atomic E-state index is 0.254. The van der Waals surface area contributed by atoms with E-state index in [1.54, 1.807) is 7.11 Å². The van der Waals surface area contributed by atoms with Gasteiger partial charge in [-0.05, 0) is 49.0 Å². The highest BCUT2D eigenvalue weighted by Gasteiger charge is 2.39. The zero-order valence-corrected chi connectivity index (χ0v) is 26.9. The third-order valence-corrected chi connectivity index (χ3v) is 6.83. The van der Waals surface area contributed by atoms with Crippen molar-refractivity contribution in [1.29, 1.82) is 0 Å². The van der Waals surface area contributed by atoms with Crippen LogP contribution >= 0.6 is 0 Å². The smallest absolute Gasteiger partial charge is 0.490 e. The normalized spacial score (nSPS) is 15.2. The van der Waals surface area contributed by atoms with Gasteiger partial charge in [0, 0.05) is 50.3 Å². The van der Waals surface area contributed by atoms with Gasteiger partial charge in [0.05, 0.1) is 24.5 Å². The highest BCUT2D eigenvalue weighted by atomic mass is 19.4. The number of nitrogens with zero attached hydrogens (tertiary/aromatic N) is 5. The van der Waals surface area contributed by atoms with E-state index < -0.39 is 36.4 Å². The van der Waals surface area contributed by atoms with Gasteiger partial charge in [0.15, 0.2) is 0 Å². The SMILES string of the molecule is COc1cccc(CN2CCN(C)C(c3cn4c(-c5ccncc5)cccc4n3)C2)c1.O=C(O)C(F)(F)F.O=C(O)C(F)(F)F.O=C(O)C(F)(F)F. The van der Waals surface area contributed by atoms with Crippen LogP contribution < -0.4 is 4.74 Å². The van der Waals surface area contributed by atoms with Crippen LogP contribution in [0.15, 0.2) is 73.2 Å². The van der Waals surface area contributed by atoms with Gasteiger partial charge in [0.25, 0.3) is 0 Å². The van der Waals surface area contributed by atoms with Crippen LogP contribution in [0.1, 0.15) is 17.3 Å². The number of methoxy groups -OCH3 is 1. The van der Waals surface area contributed by atoms with Crippen molar-refractivity contribution in [3.8, 4) is 17.0 Å². The van der Waals surface area contributed by atoms with Crippen molar-refractivity contribution in [2.45, 2.75) is 31.1 Å². The first kappa shape index (κ1) is 42.7. The Morgan fingerprint density at radius 3 is 1.83 bits per heavy atom. The second kappa shape index (κ2) is 18.2. The maximum Gasteiger partial charge on any atom is 0.490 e. The Kier molecular flexibility index (Phi) is 14.9. The minimum Gasteiger partial charge on any atom is -0.497 e. The number of imidazole rings is 1. The van der Waals surface area contributed by atoms with Crippen LogP contribution in [0.4, 0.5) is 39.5 Å². The molecule has 4 heterocycles. The van der Waals surface area contributed by atoms with E-state index in [0.717, 1.165) is 54.5 Å². The number of carbonyl (C=O) groups is 3. The second-order valence-corrected chi connectivity index (χ2v) is 10.5. The lowest BCUT2D eigenvalue weighted by Crippen LogP contribution is -2.46. The van der Waals surface area contributed by atoms with E-state index in [1.807, 2.05) is 30.6 Å². The summed E-state index contributed by atoms with van der Waals surface area (Å²) in [6.07, 6.45) is -9.39. The van der Waals surface area contributed by atoms with E-state index >= 15 is 0 Å². The summed E-state index contributed by atoms with van der Waals surface area (Å²) in [6.45, 7) is 3.92. The van der Waals surface area contributed by atoms with Crippen molar-refractivity contribution in [2.24, 2.45) is 0 Å². The molecule has 0 spiro atoms. The predicted molar refractivity (Wildman–Crippen MR) is 163 cm³/mol. The average Bonchev–Trinajstić information content (AvgIpc) is 3.50. The van der Waals surface area contributed by atoms with E-state index in [0.29, 0.717) is 0 Å². The lowest BCUT2D eigenvalue weighted by Gasteiger charge is -2.38. The van der Waals surface area contributed by atoms with Gasteiger partial charge < -0.3 is 20.1 Å². The molecule has 0 bridgehead atoms. The summed E-state index contributed by atoms with van der Waals surface area (Å²) >= 11 is 0. The summed E-state index contributed by atoms with van der Waals surface area (Å²) in [5, 5.41) is 21.4. The molecule has 1 aliphatic heterocycles. The van der Waals surface area contributed by atoms with Crippen molar-refractivity contribution in [2.75, 3.05) is 33.8 Å². The summed E-state index contributed by atoms with van der Waals surface area (Å²) in [5.74, 6) is -7.36. The van der Waals surface area contributed by atoms with Crippen LogP contribution in [0.2, 0.25) is 0 Å². The molecule has 0 aliphatic carbocycles. The van der Waals surface area contributed by atoms with E-state index in [4.69, 9.17) is 39.4 Å². The summed E-state index contributed by atoms with van der Waals surface area (Å²) in [4.78, 5) is 40.8. The van der Waals surface area contributed by atoms with Gasteiger partial charge >= 0.3 is 36.4 Å². The number of likely N-dealkylation sites (N-methyl/N-ethyl adjacent to an activating group) is 1. The molecule has 1 saturated heterocycles. The Morgan fingerprint density at radius 2 is 1.33 bits per heavy atom. The summed E-state index contributed by atoms with van der Waals surface area (Å²) in [7, 11) is 3.91. The third-order valence-electron chi connectivity index (χ3n) is 6.83. The topological polar surface area (TPSA) is 158 Å². The molecule has 1 aromatic carbocycles.